The predicted molar refractivity (Wildman–Crippen MR) is 103 cm³/mol. The van der Waals surface area contributed by atoms with Crippen molar-refractivity contribution in [2.45, 2.75) is 43.8 Å². The first-order valence-corrected chi connectivity index (χ1v) is 9.41. The van der Waals surface area contributed by atoms with Gasteiger partial charge in [0.2, 0.25) is 5.91 Å². The molecule has 1 saturated heterocycles. The van der Waals surface area contributed by atoms with Gasteiger partial charge >= 0.3 is 5.97 Å². The first-order chi connectivity index (χ1) is 13.6. The van der Waals surface area contributed by atoms with Gasteiger partial charge < -0.3 is 15.3 Å². The normalized spacial score (nSPS) is 25.6. The molecule has 0 aliphatic carbocycles. The third-order valence-corrected chi connectivity index (χ3v) is 5.48. The molecule has 1 aromatic carbocycles. The maximum absolute atomic E-state index is 13.1. The molecule has 3 heterocycles. The summed E-state index contributed by atoms with van der Waals surface area (Å²) in [6.45, 7) is 0. The van der Waals surface area contributed by atoms with E-state index in [-0.39, 0.29) is 17.6 Å². The standard InChI is InChI=1S/C21H21N3O4/c25-19(18-15-7-3-1-5-13(15)11-12-22-18)23-16-8-4-2-6-14-9-10-17(21(27)28)24(14)20(16)26/h1-5,7,11-12,14,16-17H,6,8-10H2,(H,23,25)(H,27,28)/b4-2-. The number of aromatic nitrogens is 1. The van der Waals surface area contributed by atoms with E-state index >= 15 is 0 Å². The maximum atomic E-state index is 13.1. The van der Waals surface area contributed by atoms with Crippen LogP contribution in [0, 0.1) is 0 Å². The Morgan fingerprint density at radius 3 is 2.71 bits per heavy atom. The lowest BCUT2D eigenvalue weighted by molar-refractivity contribution is -0.150. The van der Waals surface area contributed by atoms with Gasteiger partial charge in [0.25, 0.3) is 5.91 Å². The number of rotatable bonds is 3. The third-order valence-electron chi connectivity index (χ3n) is 5.48. The zero-order valence-corrected chi connectivity index (χ0v) is 15.2. The van der Waals surface area contributed by atoms with Gasteiger partial charge in [-0.25, -0.2) is 4.79 Å². The molecule has 1 fully saturated rings. The Bertz CT molecular complexity index is 966. The number of aliphatic carboxylic acids is 1. The highest BCUT2D eigenvalue weighted by Crippen LogP contribution is 2.29. The number of hydrogen-bond donors (Lipinski definition) is 2. The molecule has 2 aromatic rings. The van der Waals surface area contributed by atoms with Crippen LogP contribution in [-0.4, -0.2) is 50.9 Å². The van der Waals surface area contributed by atoms with Crippen molar-refractivity contribution in [3.05, 3.63) is 54.4 Å². The average Bonchev–Trinajstić information content (AvgIpc) is 3.11. The molecule has 0 radical (unpaired) electrons. The molecule has 1 aromatic heterocycles. The molecule has 2 aliphatic heterocycles. The molecule has 0 bridgehead atoms. The second-order valence-electron chi connectivity index (χ2n) is 7.18. The Kier molecular flexibility index (Phi) is 4.81. The first kappa shape index (κ1) is 18.2. The SMILES string of the molecule is O=C(NC1C/C=C\CC2CCC(C(=O)O)N2C1=O)c1nccc2ccccc12. The Labute approximate surface area is 162 Å². The van der Waals surface area contributed by atoms with Gasteiger partial charge in [0.05, 0.1) is 0 Å². The number of nitrogens with one attached hydrogen (secondary N) is 1. The summed E-state index contributed by atoms with van der Waals surface area (Å²) in [6, 6.07) is 7.45. The zero-order chi connectivity index (χ0) is 19.7. The third kappa shape index (κ3) is 3.24. The Hall–Kier alpha value is -3.22. The van der Waals surface area contributed by atoms with Crippen LogP contribution in [0.5, 0.6) is 0 Å². The van der Waals surface area contributed by atoms with E-state index < -0.39 is 24.0 Å². The molecule has 7 heteroatoms. The minimum Gasteiger partial charge on any atom is -0.480 e. The predicted octanol–water partition coefficient (Wildman–Crippen LogP) is 2.13. The van der Waals surface area contributed by atoms with Gasteiger partial charge in [-0.05, 0) is 37.1 Å². The summed E-state index contributed by atoms with van der Waals surface area (Å²) >= 11 is 0. The second kappa shape index (κ2) is 7.42. The van der Waals surface area contributed by atoms with Crippen LogP contribution in [0.4, 0.5) is 0 Å². The van der Waals surface area contributed by atoms with Crippen LogP contribution in [0.25, 0.3) is 10.8 Å². The quantitative estimate of drug-likeness (QED) is 0.796. The van der Waals surface area contributed by atoms with E-state index in [0.717, 1.165) is 5.39 Å². The van der Waals surface area contributed by atoms with Gasteiger partial charge in [0, 0.05) is 17.6 Å². The maximum Gasteiger partial charge on any atom is 0.326 e. The zero-order valence-electron chi connectivity index (χ0n) is 15.2. The summed E-state index contributed by atoms with van der Waals surface area (Å²) in [4.78, 5) is 43.3. The van der Waals surface area contributed by atoms with Crippen LogP contribution in [-0.2, 0) is 9.59 Å². The first-order valence-electron chi connectivity index (χ1n) is 9.41. The Balaban J connectivity index is 1.61. The molecule has 7 nitrogen and oxygen atoms in total. The second-order valence-corrected chi connectivity index (χ2v) is 7.18. The number of carbonyl (C=O) groups is 3. The lowest BCUT2D eigenvalue weighted by atomic mass is 10.0. The number of amides is 2. The molecule has 0 spiro atoms. The minimum absolute atomic E-state index is 0.139. The smallest absolute Gasteiger partial charge is 0.326 e. The molecule has 2 N–H and O–H groups in total. The molecule has 2 amide bonds. The largest absolute Gasteiger partial charge is 0.480 e. The van der Waals surface area contributed by atoms with Crippen LogP contribution in [0.1, 0.15) is 36.2 Å². The van der Waals surface area contributed by atoms with E-state index in [1.165, 1.54) is 4.90 Å². The van der Waals surface area contributed by atoms with Crippen molar-refractivity contribution in [1.29, 1.82) is 0 Å². The van der Waals surface area contributed by atoms with Gasteiger partial charge in [0.1, 0.15) is 17.8 Å². The van der Waals surface area contributed by atoms with Crippen LogP contribution >= 0.6 is 0 Å². The van der Waals surface area contributed by atoms with Crippen molar-refractivity contribution >= 4 is 28.6 Å². The summed E-state index contributed by atoms with van der Waals surface area (Å²) < 4.78 is 0. The van der Waals surface area contributed by atoms with E-state index in [4.69, 9.17) is 0 Å². The fourth-order valence-corrected chi connectivity index (χ4v) is 4.10. The van der Waals surface area contributed by atoms with Gasteiger partial charge in [-0.2, -0.15) is 0 Å². The molecule has 4 rings (SSSR count). The van der Waals surface area contributed by atoms with Crippen molar-refractivity contribution in [3.8, 4) is 0 Å². The van der Waals surface area contributed by atoms with E-state index in [2.05, 4.69) is 10.3 Å². The fourth-order valence-electron chi connectivity index (χ4n) is 4.10. The van der Waals surface area contributed by atoms with Crippen LogP contribution in [0.3, 0.4) is 0 Å². The lowest BCUT2D eigenvalue weighted by Crippen LogP contribution is -2.54. The summed E-state index contributed by atoms with van der Waals surface area (Å²) in [5, 5.41) is 13.9. The summed E-state index contributed by atoms with van der Waals surface area (Å²) in [5.74, 6) is -1.78. The van der Waals surface area contributed by atoms with E-state index in [1.54, 1.807) is 6.20 Å². The van der Waals surface area contributed by atoms with Crippen LogP contribution < -0.4 is 5.32 Å². The summed E-state index contributed by atoms with van der Waals surface area (Å²) in [5.41, 5.74) is 0.254. The highest BCUT2D eigenvalue weighted by atomic mass is 16.4. The van der Waals surface area contributed by atoms with Crippen LogP contribution in [0.2, 0.25) is 0 Å². The monoisotopic (exact) mass is 379 g/mol. The van der Waals surface area contributed by atoms with Gasteiger partial charge in [-0.15, -0.1) is 0 Å². The highest BCUT2D eigenvalue weighted by molar-refractivity contribution is 6.06. The van der Waals surface area contributed by atoms with Gasteiger partial charge in [-0.1, -0.05) is 36.4 Å². The molecule has 28 heavy (non-hydrogen) atoms. The van der Waals surface area contributed by atoms with E-state index in [9.17, 15) is 19.5 Å². The van der Waals surface area contributed by atoms with Crippen molar-refractivity contribution in [2.24, 2.45) is 0 Å². The van der Waals surface area contributed by atoms with Crippen molar-refractivity contribution in [1.82, 2.24) is 15.2 Å². The molecular weight excluding hydrogens is 358 g/mol. The topological polar surface area (TPSA) is 99.6 Å². The average molecular weight is 379 g/mol. The number of hydrogen-bond acceptors (Lipinski definition) is 4. The Morgan fingerprint density at radius 2 is 1.89 bits per heavy atom. The molecule has 3 atom stereocenters. The molecule has 3 unspecified atom stereocenters. The van der Waals surface area contributed by atoms with Crippen molar-refractivity contribution in [3.63, 3.8) is 0 Å². The number of benzene rings is 1. The summed E-state index contributed by atoms with van der Waals surface area (Å²) in [6.07, 6.45) is 7.46. The highest BCUT2D eigenvalue weighted by Gasteiger charge is 2.43. The van der Waals surface area contributed by atoms with Gasteiger partial charge in [0.15, 0.2) is 0 Å². The molecule has 0 saturated carbocycles. The fraction of sp³-hybridized carbons (Fsp3) is 0.333. The van der Waals surface area contributed by atoms with Gasteiger partial charge in [-0.3, -0.25) is 14.6 Å². The van der Waals surface area contributed by atoms with E-state index in [0.29, 0.717) is 31.1 Å². The van der Waals surface area contributed by atoms with Crippen molar-refractivity contribution < 1.29 is 19.5 Å². The number of nitrogens with zero attached hydrogens (tertiary/aromatic N) is 2. The lowest BCUT2D eigenvalue weighted by Gasteiger charge is -2.32. The number of fused-ring (bicyclic) bond motifs is 2. The Morgan fingerprint density at radius 1 is 1.11 bits per heavy atom. The van der Waals surface area contributed by atoms with Crippen molar-refractivity contribution in [2.75, 3.05) is 0 Å². The molecule has 144 valence electrons. The van der Waals surface area contributed by atoms with Crippen LogP contribution in [0.15, 0.2) is 48.7 Å². The van der Waals surface area contributed by atoms with E-state index in [1.807, 2.05) is 42.5 Å². The number of carbonyl (C=O) groups excluding carboxylic acids is 2. The number of carboxylic acid groups (broad SMARTS) is 1. The minimum atomic E-state index is -0.999. The molecular formula is C21H21N3O4. The summed E-state index contributed by atoms with van der Waals surface area (Å²) in [7, 11) is 0. The number of carboxylic acids is 1. The number of pyridine rings is 1. The molecule has 2 aliphatic rings.